The van der Waals surface area contributed by atoms with Crippen molar-refractivity contribution >= 4 is 61.1 Å². The zero-order valence-electron chi connectivity index (χ0n) is 22.2. The molecule has 0 bridgehead atoms. The maximum Gasteiger partial charge on any atom is 0.403 e. The summed E-state index contributed by atoms with van der Waals surface area (Å²) in [5.41, 5.74) is 6.14. The third-order valence-electron chi connectivity index (χ3n) is 5.92. The highest BCUT2D eigenvalue weighted by molar-refractivity contribution is 7.80. The standard InChI is InChI=1S/C20H29N8O12PS.H3N/c21-16-13-17(24-6-23-16)28(7-25-13)20-15(34)14(33)10(40-20)4-39-41(37,38)27-8(1-2-11(29)30)19(36)26-9(5-42)18(35)22-3-12(31)32;/h6-10,14-15,20,33-34,42H,1-5H2,(H,22,35)(H,26,36)(H,29,30)(H,31,32)(H2,21,23,24)(H2,27,37,38);1H3/t8-,9-,10+,14+,15+,20+;/m0./s1. The number of imidazole rings is 1. The van der Waals surface area contributed by atoms with Crippen LogP contribution in [0.2, 0.25) is 0 Å². The predicted molar refractivity (Wildman–Crippen MR) is 147 cm³/mol. The van der Waals surface area contributed by atoms with Crippen molar-refractivity contribution in [2.45, 2.75) is 49.5 Å². The van der Waals surface area contributed by atoms with Crippen molar-refractivity contribution in [3.8, 4) is 0 Å². The molecule has 0 radical (unpaired) electrons. The minimum absolute atomic E-state index is 0. The molecule has 1 fully saturated rings. The molecule has 0 aromatic carbocycles. The number of nitrogens with zero attached hydrogens (tertiary/aromatic N) is 4. The topological polar surface area (TPSA) is 346 Å². The molecule has 0 spiro atoms. The molecule has 1 aliphatic heterocycles. The van der Waals surface area contributed by atoms with Crippen LogP contribution >= 0.6 is 20.4 Å². The monoisotopic (exact) mass is 653 g/mol. The summed E-state index contributed by atoms with van der Waals surface area (Å²) in [7, 11) is -4.92. The molecular formula is C20H32N9O12PS. The van der Waals surface area contributed by atoms with Crippen molar-refractivity contribution in [1.29, 1.82) is 0 Å². The molecule has 21 nitrogen and oxygen atoms in total. The number of carboxylic acids is 2. The molecule has 240 valence electrons. The van der Waals surface area contributed by atoms with Gasteiger partial charge in [-0.15, -0.1) is 0 Å². The third-order valence-corrected chi connectivity index (χ3v) is 7.43. The number of hydrogen-bond donors (Lipinski definition) is 11. The van der Waals surface area contributed by atoms with Crippen LogP contribution in [-0.2, 0) is 33.0 Å². The highest BCUT2D eigenvalue weighted by Crippen LogP contribution is 2.40. The van der Waals surface area contributed by atoms with Crippen LogP contribution in [-0.4, -0.2) is 118 Å². The fraction of sp³-hybridized carbons (Fsp3) is 0.550. The molecule has 7 atom stereocenters. The molecule has 0 aliphatic carbocycles. The SMILES string of the molecule is N.Nc1ncnc2c1ncn2[C@@H]1O[C@H](COP(=O)(O)N[C@@H](CCC(=O)O)C(=O)N[C@@H](CS)C(=O)NCC(=O)O)[C@@H](O)[C@H]1O. The minimum atomic E-state index is -4.92. The van der Waals surface area contributed by atoms with Gasteiger partial charge in [0, 0.05) is 12.2 Å². The number of carboxylic acid groups (broad SMARTS) is 2. The van der Waals surface area contributed by atoms with E-state index < -0.39 is 94.1 Å². The summed E-state index contributed by atoms with van der Waals surface area (Å²) in [5, 5.41) is 45.0. The van der Waals surface area contributed by atoms with Crippen molar-refractivity contribution in [2.75, 3.05) is 24.6 Å². The lowest BCUT2D eigenvalue weighted by atomic mass is 10.1. The molecule has 23 heteroatoms. The number of aliphatic hydroxyl groups excluding tert-OH is 2. The Balaban J connectivity index is 0.00000645. The highest BCUT2D eigenvalue weighted by atomic mass is 32.1. The molecule has 2 aromatic rings. The number of nitrogen functional groups attached to an aromatic ring is 1. The molecule has 1 aliphatic rings. The van der Waals surface area contributed by atoms with E-state index in [-0.39, 0.29) is 28.9 Å². The Morgan fingerprint density at radius 1 is 1.12 bits per heavy atom. The first kappa shape index (κ1) is 35.7. The van der Waals surface area contributed by atoms with E-state index in [2.05, 4.69) is 32.9 Å². The van der Waals surface area contributed by atoms with Gasteiger partial charge < -0.3 is 52.6 Å². The van der Waals surface area contributed by atoms with Gasteiger partial charge in [0.25, 0.3) is 0 Å². The van der Waals surface area contributed by atoms with Gasteiger partial charge in [-0.2, -0.15) is 12.6 Å². The molecule has 3 heterocycles. The zero-order valence-corrected chi connectivity index (χ0v) is 24.0. The molecule has 2 amide bonds. The number of rotatable bonds is 15. The van der Waals surface area contributed by atoms with Crippen molar-refractivity contribution in [3.05, 3.63) is 12.7 Å². The number of aliphatic hydroxyl groups is 2. The van der Waals surface area contributed by atoms with Crippen LogP contribution in [0.25, 0.3) is 11.2 Å². The Morgan fingerprint density at radius 3 is 2.44 bits per heavy atom. The Hall–Kier alpha value is -3.47. The number of nitrogens with one attached hydrogen (secondary N) is 3. The number of anilines is 1. The Labute approximate surface area is 247 Å². The number of aromatic nitrogens is 4. The molecule has 1 unspecified atom stereocenters. The van der Waals surface area contributed by atoms with Crippen molar-refractivity contribution < 1.29 is 58.3 Å². The number of carbonyl (C=O) groups excluding carboxylic acids is 2. The van der Waals surface area contributed by atoms with E-state index in [1.165, 1.54) is 10.9 Å². The number of aliphatic carboxylic acids is 2. The molecular weight excluding hydrogens is 621 g/mol. The summed E-state index contributed by atoms with van der Waals surface area (Å²) in [6.45, 7) is -1.52. The summed E-state index contributed by atoms with van der Waals surface area (Å²) in [6.07, 6.45) is -4.54. The van der Waals surface area contributed by atoms with Gasteiger partial charge in [-0.25, -0.2) is 24.6 Å². The van der Waals surface area contributed by atoms with Crippen LogP contribution in [0.1, 0.15) is 19.1 Å². The molecule has 43 heavy (non-hydrogen) atoms. The van der Waals surface area contributed by atoms with Crippen LogP contribution in [0.3, 0.4) is 0 Å². The van der Waals surface area contributed by atoms with E-state index in [1.54, 1.807) is 0 Å². The maximum atomic E-state index is 12.8. The van der Waals surface area contributed by atoms with E-state index in [1.807, 2.05) is 10.4 Å². The second kappa shape index (κ2) is 15.3. The van der Waals surface area contributed by atoms with Gasteiger partial charge in [-0.1, -0.05) is 0 Å². The molecule has 0 saturated carbocycles. The lowest BCUT2D eigenvalue weighted by Gasteiger charge is -2.24. The van der Waals surface area contributed by atoms with Gasteiger partial charge in [0.05, 0.1) is 19.0 Å². The number of thiol groups is 1. The number of carbonyl (C=O) groups is 4. The minimum Gasteiger partial charge on any atom is -0.481 e. The van der Waals surface area contributed by atoms with Crippen LogP contribution < -0.4 is 27.6 Å². The normalized spacial score (nSPS) is 22.6. The third kappa shape index (κ3) is 9.26. The van der Waals surface area contributed by atoms with Gasteiger partial charge in [-0.05, 0) is 6.42 Å². The summed E-state index contributed by atoms with van der Waals surface area (Å²) in [4.78, 5) is 68.9. The number of hydrogen-bond acceptors (Lipinski definition) is 15. The van der Waals surface area contributed by atoms with Crippen LogP contribution in [0, 0.1) is 0 Å². The number of fused-ring (bicyclic) bond motifs is 1. The highest BCUT2D eigenvalue weighted by Gasteiger charge is 2.45. The van der Waals surface area contributed by atoms with E-state index in [9.17, 15) is 38.8 Å². The first-order valence-corrected chi connectivity index (χ1v) is 14.3. The van der Waals surface area contributed by atoms with Gasteiger partial charge in [0.1, 0.15) is 42.7 Å². The van der Waals surface area contributed by atoms with Crippen LogP contribution in [0.15, 0.2) is 12.7 Å². The lowest BCUT2D eigenvalue weighted by molar-refractivity contribution is -0.138. The summed E-state index contributed by atoms with van der Waals surface area (Å²) in [5.74, 6) is -4.92. The first-order valence-electron chi connectivity index (χ1n) is 12.1. The maximum absolute atomic E-state index is 12.8. The summed E-state index contributed by atoms with van der Waals surface area (Å²) in [6, 6.07) is -3.05. The van der Waals surface area contributed by atoms with E-state index >= 15 is 0 Å². The number of nitrogens with two attached hydrogens (primary N) is 1. The quantitative estimate of drug-likeness (QED) is 0.0663. The lowest BCUT2D eigenvalue weighted by Crippen LogP contribution is -2.53. The van der Waals surface area contributed by atoms with E-state index in [0.717, 1.165) is 6.33 Å². The Morgan fingerprint density at radius 2 is 1.81 bits per heavy atom. The smallest absolute Gasteiger partial charge is 0.403 e. The number of ether oxygens (including phenoxy) is 1. The van der Waals surface area contributed by atoms with Crippen molar-refractivity contribution in [1.82, 2.24) is 41.4 Å². The largest absolute Gasteiger partial charge is 0.481 e. The number of amides is 2. The average molecular weight is 654 g/mol. The van der Waals surface area contributed by atoms with Gasteiger partial charge in [-0.3, -0.25) is 28.3 Å². The second-order valence-electron chi connectivity index (χ2n) is 8.91. The molecule has 2 aromatic heterocycles. The molecule has 3 rings (SSSR count). The Kier molecular flexibility index (Phi) is 12.7. The summed E-state index contributed by atoms with van der Waals surface area (Å²) >= 11 is 3.92. The van der Waals surface area contributed by atoms with Gasteiger partial charge in [0.2, 0.25) is 11.8 Å². The second-order valence-corrected chi connectivity index (χ2v) is 10.8. The fourth-order valence-corrected chi connectivity index (χ4v) is 5.16. The predicted octanol–water partition coefficient (Wildman–Crippen LogP) is -3.25. The average Bonchev–Trinajstić information content (AvgIpc) is 3.48. The Bertz CT molecular complexity index is 1370. The van der Waals surface area contributed by atoms with Gasteiger partial charge in [0.15, 0.2) is 17.7 Å². The first-order chi connectivity index (χ1) is 19.7. The van der Waals surface area contributed by atoms with Gasteiger partial charge >= 0.3 is 19.7 Å². The van der Waals surface area contributed by atoms with Crippen molar-refractivity contribution in [2.24, 2.45) is 0 Å². The van der Waals surface area contributed by atoms with E-state index in [4.69, 9.17) is 25.2 Å². The van der Waals surface area contributed by atoms with Crippen molar-refractivity contribution in [3.63, 3.8) is 0 Å². The van der Waals surface area contributed by atoms with Crippen LogP contribution in [0.5, 0.6) is 0 Å². The molecule has 1 saturated heterocycles. The van der Waals surface area contributed by atoms with E-state index in [0.29, 0.717) is 0 Å². The zero-order chi connectivity index (χ0) is 31.2. The molecule has 13 N–H and O–H groups in total. The summed E-state index contributed by atoms with van der Waals surface area (Å²) < 4.78 is 24.7. The van der Waals surface area contributed by atoms with Crippen LogP contribution in [0.4, 0.5) is 5.82 Å². The fourth-order valence-electron chi connectivity index (χ4n) is 3.84.